The SMILES string of the molecule is CCOC(=O)C1(c2ccccc2)CC1Br. The minimum atomic E-state index is -0.433. The van der Waals surface area contributed by atoms with Crippen LogP contribution in [0.15, 0.2) is 30.3 Å². The second-order valence-corrected chi connectivity index (χ2v) is 4.83. The second kappa shape index (κ2) is 3.97. The monoisotopic (exact) mass is 268 g/mol. The molecule has 1 saturated carbocycles. The third-order valence-electron chi connectivity index (χ3n) is 2.80. The molecule has 2 unspecified atom stereocenters. The summed E-state index contributed by atoms with van der Waals surface area (Å²) in [7, 11) is 0. The van der Waals surface area contributed by atoms with E-state index in [1.807, 2.05) is 37.3 Å². The molecule has 2 rings (SSSR count). The van der Waals surface area contributed by atoms with E-state index in [1.165, 1.54) is 0 Å². The van der Waals surface area contributed by atoms with E-state index in [-0.39, 0.29) is 10.8 Å². The quantitative estimate of drug-likeness (QED) is 0.623. The number of carbonyl (C=O) groups excluding carboxylic acids is 1. The third kappa shape index (κ3) is 1.69. The van der Waals surface area contributed by atoms with Gasteiger partial charge in [-0.05, 0) is 18.9 Å². The topological polar surface area (TPSA) is 26.3 Å². The third-order valence-corrected chi connectivity index (χ3v) is 3.91. The normalized spacial score (nSPS) is 28.5. The maximum atomic E-state index is 11.9. The first-order chi connectivity index (χ1) is 7.21. The van der Waals surface area contributed by atoms with Crippen LogP contribution in [0, 0.1) is 0 Å². The number of ether oxygens (including phenoxy) is 1. The van der Waals surface area contributed by atoms with Gasteiger partial charge in [0.1, 0.15) is 5.41 Å². The van der Waals surface area contributed by atoms with Crippen molar-refractivity contribution in [1.29, 1.82) is 0 Å². The molecular weight excluding hydrogens is 256 g/mol. The molecule has 0 aromatic heterocycles. The van der Waals surface area contributed by atoms with Crippen LogP contribution in [0.4, 0.5) is 0 Å². The Balaban J connectivity index is 2.28. The van der Waals surface area contributed by atoms with Crippen molar-refractivity contribution in [3.8, 4) is 0 Å². The molecule has 1 aromatic carbocycles. The fraction of sp³-hybridized carbons (Fsp3) is 0.417. The fourth-order valence-electron chi connectivity index (χ4n) is 1.85. The smallest absolute Gasteiger partial charge is 0.317 e. The fourth-order valence-corrected chi connectivity index (χ4v) is 2.81. The average molecular weight is 269 g/mol. The van der Waals surface area contributed by atoms with E-state index in [4.69, 9.17) is 4.74 Å². The lowest BCUT2D eigenvalue weighted by Gasteiger charge is -2.14. The van der Waals surface area contributed by atoms with Gasteiger partial charge in [0, 0.05) is 4.83 Å². The van der Waals surface area contributed by atoms with Gasteiger partial charge in [-0.3, -0.25) is 4.79 Å². The summed E-state index contributed by atoms with van der Waals surface area (Å²) in [5.74, 6) is -0.113. The molecule has 1 fully saturated rings. The van der Waals surface area contributed by atoms with E-state index in [1.54, 1.807) is 0 Å². The first kappa shape index (κ1) is 10.7. The first-order valence-electron chi connectivity index (χ1n) is 5.08. The number of hydrogen-bond acceptors (Lipinski definition) is 2. The summed E-state index contributed by atoms with van der Waals surface area (Å²) in [5.41, 5.74) is 0.613. The Kier molecular flexibility index (Phi) is 2.83. The van der Waals surface area contributed by atoms with Crippen LogP contribution in [-0.2, 0) is 14.9 Å². The molecule has 0 aliphatic heterocycles. The van der Waals surface area contributed by atoms with Gasteiger partial charge in [-0.25, -0.2) is 0 Å². The van der Waals surface area contributed by atoms with Crippen LogP contribution >= 0.6 is 15.9 Å². The molecular formula is C12H13BrO2. The highest BCUT2D eigenvalue weighted by Crippen LogP contribution is 2.54. The Morgan fingerprint density at radius 2 is 2.13 bits per heavy atom. The molecule has 15 heavy (non-hydrogen) atoms. The van der Waals surface area contributed by atoms with Crippen molar-refractivity contribution >= 4 is 21.9 Å². The van der Waals surface area contributed by atoms with Gasteiger partial charge < -0.3 is 4.74 Å². The van der Waals surface area contributed by atoms with E-state index >= 15 is 0 Å². The zero-order valence-corrected chi connectivity index (χ0v) is 10.2. The van der Waals surface area contributed by atoms with Crippen molar-refractivity contribution in [1.82, 2.24) is 0 Å². The number of halogens is 1. The molecule has 1 aliphatic carbocycles. The lowest BCUT2D eigenvalue weighted by molar-refractivity contribution is -0.146. The first-order valence-corrected chi connectivity index (χ1v) is 6.00. The number of carbonyl (C=O) groups is 1. The van der Waals surface area contributed by atoms with Crippen LogP contribution in [0.2, 0.25) is 0 Å². The van der Waals surface area contributed by atoms with E-state index in [9.17, 15) is 4.79 Å². The molecule has 1 aliphatic rings. The average Bonchev–Trinajstić information content (AvgIpc) is 2.93. The van der Waals surface area contributed by atoms with Gasteiger partial charge in [-0.1, -0.05) is 46.3 Å². The summed E-state index contributed by atoms with van der Waals surface area (Å²) < 4.78 is 5.13. The molecule has 1 aromatic rings. The molecule has 0 bridgehead atoms. The van der Waals surface area contributed by atoms with Crippen LogP contribution in [0.3, 0.4) is 0 Å². The number of esters is 1. The highest BCUT2D eigenvalue weighted by atomic mass is 79.9. The maximum Gasteiger partial charge on any atom is 0.317 e. The molecule has 3 heteroatoms. The summed E-state index contributed by atoms with van der Waals surface area (Å²) in [6.45, 7) is 2.27. The van der Waals surface area contributed by atoms with Gasteiger partial charge in [0.15, 0.2) is 0 Å². The van der Waals surface area contributed by atoms with E-state index in [0.717, 1.165) is 12.0 Å². The van der Waals surface area contributed by atoms with Gasteiger partial charge in [0.25, 0.3) is 0 Å². The molecule has 0 radical (unpaired) electrons. The molecule has 80 valence electrons. The number of alkyl halides is 1. The summed E-state index contributed by atoms with van der Waals surface area (Å²) in [6.07, 6.45) is 0.829. The van der Waals surface area contributed by atoms with Crippen LogP contribution in [0.25, 0.3) is 0 Å². The van der Waals surface area contributed by atoms with Crippen molar-refractivity contribution in [2.24, 2.45) is 0 Å². The van der Waals surface area contributed by atoms with E-state index in [0.29, 0.717) is 6.61 Å². The Bertz CT molecular complexity index is 363. The highest BCUT2D eigenvalue weighted by Gasteiger charge is 2.61. The van der Waals surface area contributed by atoms with Crippen LogP contribution in [0.5, 0.6) is 0 Å². The number of benzene rings is 1. The van der Waals surface area contributed by atoms with Crippen molar-refractivity contribution in [2.45, 2.75) is 23.6 Å². The molecule has 0 N–H and O–H groups in total. The summed E-state index contributed by atoms with van der Waals surface area (Å²) in [5, 5.41) is 0. The maximum absolute atomic E-state index is 11.9. The summed E-state index contributed by atoms with van der Waals surface area (Å²) in [4.78, 5) is 12.1. The zero-order chi connectivity index (χ0) is 10.9. The van der Waals surface area contributed by atoms with E-state index < -0.39 is 5.41 Å². The molecule has 0 spiro atoms. The van der Waals surface area contributed by atoms with Crippen molar-refractivity contribution < 1.29 is 9.53 Å². The van der Waals surface area contributed by atoms with E-state index in [2.05, 4.69) is 15.9 Å². The Morgan fingerprint density at radius 1 is 1.53 bits per heavy atom. The van der Waals surface area contributed by atoms with Crippen LogP contribution in [0.1, 0.15) is 18.9 Å². The Labute approximate surface area is 97.8 Å². The predicted molar refractivity (Wildman–Crippen MR) is 62.1 cm³/mol. The molecule has 0 saturated heterocycles. The number of hydrogen-bond donors (Lipinski definition) is 0. The van der Waals surface area contributed by atoms with Crippen LogP contribution in [-0.4, -0.2) is 17.4 Å². The largest absolute Gasteiger partial charge is 0.465 e. The summed E-state index contributed by atoms with van der Waals surface area (Å²) >= 11 is 3.51. The molecule has 2 atom stereocenters. The van der Waals surface area contributed by atoms with Crippen LogP contribution < -0.4 is 0 Å². The van der Waals surface area contributed by atoms with Gasteiger partial charge in [0.05, 0.1) is 6.61 Å². The van der Waals surface area contributed by atoms with Gasteiger partial charge in [0.2, 0.25) is 0 Å². The van der Waals surface area contributed by atoms with Gasteiger partial charge in [-0.15, -0.1) is 0 Å². The zero-order valence-electron chi connectivity index (χ0n) is 8.57. The van der Waals surface area contributed by atoms with Crippen molar-refractivity contribution in [3.63, 3.8) is 0 Å². The Hall–Kier alpha value is -0.830. The molecule has 0 amide bonds. The highest BCUT2D eigenvalue weighted by molar-refractivity contribution is 9.09. The summed E-state index contributed by atoms with van der Waals surface area (Å²) in [6, 6.07) is 9.83. The second-order valence-electron chi connectivity index (χ2n) is 3.73. The standard InChI is InChI=1S/C12H13BrO2/c1-2-15-11(14)12(8-10(12)13)9-6-4-3-5-7-9/h3-7,10H,2,8H2,1H3. The van der Waals surface area contributed by atoms with Gasteiger partial charge in [-0.2, -0.15) is 0 Å². The number of rotatable bonds is 3. The van der Waals surface area contributed by atoms with Gasteiger partial charge >= 0.3 is 5.97 Å². The molecule has 2 nitrogen and oxygen atoms in total. The van der Waals surface area contributed by atoms with Crippen molar-refractivity contribution in [2.75, 3.05) is 6.61 Å². The minimum Gasteiger partial charge on any atom is -0.465 e. The molecule has 0 heterocycles. The minimum absolute atomic E-state index is 0.113. The predicted octanol–water partition coefficient (Wildman–Crippen LogP) is 2.65. The Morgan fingerprint density at radius 3 is 2.60 bits per heavy atom. The lowest BCUT2D eigenvalue weighted by atomic mass is 9.96. The lowest BCUT2D eigenvalue weighted by Crippen LogP contribution is -2.25. The van der Waals surface area contributed by atoms with Crippen molar-refractivity contribution in [3.05, 3.63) is 35.9 Å².